The Morgan fingerprint density at radius 2 is 2.16 bits per heavy atom. The van der Waals surface area contributed by atoms with Gasteiger partial charge >= 0.3 is 5.69 Å². The van der Waals surface area contributed by atoms with E-state index in [1.165, 1.54) is 16.8 Å². The molecule has 0 saturated carbocycles. The summed E-state index contributed by atoms with van der Waals surface area (Å²) >= 11 is 0. The molecule has 0 aromatic carbocycles. The molecule has 2 aliphatic heterocycles. The van der Waals surface area contributed by atoms with Crippen LogP contribution in [0.25, 0.3) is 0 Å². The molecule has 1 aromatic rings. The normalized spacial score (nSPS) is 34.2. The molecule has 1 aromatic heterocycles. The molecule has 0 spiro atoms. The molecule has 3 heterocycles. The molecule has 3 rings (SSSR count). The third kappa shape index (κ3) is 2.95. The van der Waals surface area contributed by atoms with E-state index in [9.17, 15) is 9.59 Å². The number of nitrogens with zero attached hydrogens (tertiary/aromatic N) is 1. The fourth-order valence-electron chi connectivity index (χ4n) is 3.12. The Kier molecular flexibility index (Phi) is 4.06. The maximum Gasteiger partial charge on any atom is 0.330 e. The maximum absolute atomic E-state index is 12.2. The summed E-state index contributed by atoms with van der Waals surface area (Å²) in [4.78, 5) is 25.8. The fourth-order valence-corrected chi connectivity index (χ4v) is 4.44. The van der Waals surface area contributed by atoms with Crippen molar-refractivity contribution in [1.82, 2.24) is 9.55 Å². The van der Waals surface area contributed by atoms with Crippen LogP contribution in [0.3, 0.4) is 0 Å². The number of aromatic amines is 1. The van der Waals surface area contributed by atoms with Crippen molar-refractivity contribution in [1.29, 1.82) is 0 Å². The Morgan fingerprint density at radius 1 is 1.48 bits per heavy atom. The molecule has 2 aliphatic rings. The maximum atomic E-state index is 12.2. The van der Waals surface area contributed by atoms with Crippen LogP contribution in [0.4, 0.5) is 0 Å². The molecule has 0 radical (unpaired) electrons. The summed E-state index contributed by atoms with van der Waals surface area (Å²) in [5.41, 5.74) is -1.95. The van der Waals surface area contributed by atoms with Crippen molar-refractivity contribution in [3.63, 3.8) is 0 Å². The van der Waals surface area contributed by atoms with Gasteiger partial charge in [0.1, 0.15) is 17.8 Å². The number of fused-ring (bicyclic) bond motifs is 2. The molecular weight excluding hydrogens is 340 g/mol. The van der Waals surface area contributed by atoms with E-state index in [1.807, 2.05) is 0 Å². The van der Waals surface area contributed by atoms with Crippen LogP contribution in [0.2, 0.25) is 18.1 Å². The largest absolute Gasteiger partial charge is 0.408 e. The van der Waals surface area contributed by atoms with Gasteiger partial charge in [-0.2, -0.15) is 0 Å². The predicted molar refractivity (Wildman–Crippen MR) is 96.3 cm³/mol. The van der Waals surface area contributed by atoms with E-state index in [0.29, 0.717) is 0 Å². The van der Waals surface area contributed by atoms with E-state index in [2.05, 4.69) is 38.8 Å². The first-order chi connectivity index (χ1) is 11.9. The van der Waals surface area contributed by atoms with Gasteiger partial charge < -0.3 is 13.9 Å². The summed E-state index contributed by atoms with van der Waals surface area (Å²) in [5.74, 6) is 0. The Bertz CT molecular complexity index is 799. The number of ether oxygens (including phenoxy) is 2. The minimum Gasteiger partial charge on any atom is -0.408 e. The monoisotopic (exact) mass is 369 g/mol. The van der Waals surface area contributed by atoms with Crippen LogP contribution >= 0.6 is 0 Å². The summed E-state index contributed by atoms with van der Waals surface area (Å²) in [6, 6.07) is 1.28. The van der Waals surface area contributed by atoms with Gasteiger partial charge in [0.25, 0.3) is 5.56 Å². The van der Waals surface area contributed by atoms with Gasteiger partial charge in [0.15, 0.2) is 14.5 Å². The van der Waals surface area contributed by atoms with Crippen LogP contribution in [0.15, 0.2) is 21.9 Å². The van der Waals surface area contributed by atoms with Gasteiger partial charge in [0.2, 0.25) is 0 Å². The van der Waals surface area contributed by atoms with Crippen LogP contribution in [0, 0.1) is 0 Å². The number of hydrogen-bond acceptors (Lipinski definition) is 5. The zero-order valence-corrected chi connectivity index (χ0v) is 16.7. The molecule has 8 heteroatoms. The lowest BCUT2D eigenvalue weighted by Crippen LogP contribution is -2.51. The highest BCUT2D eigenvalue weighted by Gasteiger charge is 2.63. The van der Waals surface area contributed by atoms with Gasteiger partial charge in [-0.25, -0.2) is 4.79 Å². The van der Waals surface area contributed by atoms with Crippen molar-refractivity contribution in [2.75, 3.05) is 6.61 Å². The molecule has 2 fully saturated rings. The summed E-state index contributed by atoms with van der Waals surface area (Å²) < 4.78 is 28.5. The van der Waals surface area contributed by atoms with Crippen molar-refractivity contribution in [3.05, 3.63) is 33.1 Å². The molecule has 0 aliphatic carbocycles. The van der Waals surface area contributed by atoms with Crippen LogP contribution < -0.4 is 11.2 Å². The Morgan fingerprint density at radius 3 is 2.72 bits per heavy atom. The molecule has 5 atom stereocenters. The molecular formula is C17H28N2O5Si. The minimum atomic E-state index is -2.15. The molecule has 1 N–H and O–H groups in total. The molecule has 140 valence electrons. The van der Waals surface area contributed by atoms with Gasteiger partial charge in [-0.1, -0.05) is 27.7 Å². The number of rotatable bonds is 4. The van der Waals surface area contributed by atoms with E-state index in [0.717, 1.165) is 0 Å². The van der Waals surface area contributed by atoms with Gasteiger partial charge in [0, 0.05) is 13.6 Å². The summed E-state index contributed by atoms with van der Waals surface area (Å²) in [7, 11) is -2.15. The van der Waals surface area contributed by atoms with Crippen LogP contribution in [-0.2, 0) is 13.9 Å². The molecule has 0 amide bonds. The van der Waals surface area contributed by atoms with Gasteiger partial charge in [-0.15, -0.1) is 0 Å². The molecule has 2 bridgehead atoms. The zero-order chi connectivity index (χ0) is 19.5. The highest BCUT2D eigenvalue weighted by molar-refractivity contribution is 6.74. The van der Waals surface area contributed by atoms with Gasteiger partial charge in [-0.3, -0.25) is 14.3 Å². The van der Waals surface area contributed by atoms with Crippen molar-refractivity contribution in [2.45, 2.75) is 76.3 Å². The Labute approximate surface area is 149 Å². The standard InChI is InChI=1S/C17H28N2O5Si/c1-7-17-10-22-12(13(17)24-25(5,6)16(2,3)4)14(23-17)19-9-8-11(20)18-15(19)21/h8-9,12-14H,7,10H2,1-6H3,(H,18,20,21)/t12-,13+,14-,17+/m1/s1/i7D/t7?,12-,13+,14-,17+. The van der Waals surface area contributed by atoms with E-state index >= 15 is 0 Å². The highest BCUT2D eigenvalue weighted by Crippen LogP contribution is 2.50. The molecule has 2 saturated heterocycles. The van der Waals surface area contributed by atoms with Crippen LogP contribution in [-0.4, -0.2) is 42.3 Å². The second-order valence-electron chi connectivity index (χ2n) is 8.34. The summed E-state index contributed by atoms with van der Waals surface area (Å²) in [6.45, 7) is 12.8. The lowest BCUT2D eigenvalue weighted by atomic mass is 9.96. The minimum absolute atomic E-state index is 0.00813. The molecule has 7 nitrogen and oxygen atoms in total. The van der Waals surface area contributed by atoms with Crippen LogP contribution in [0.5, 0.6) is 0 Å². The highest BCUT2D eigenvalue weighted by atomic mass is 28.4. The number of hydrogen-bond donors (Lipinski definition) is 1. The summed E-state index contributed by atoms with van der Waals surface area (Å²) in [6.07, 6.45) is -0.844. The zero-order valence-electron chi connectivity index (χ0n) is 16.7. The predicted octanol–water partition coefficient (Wildman–Crippen LogP) is 2.00. The van der Waals surface area contributed by atoms with Crippen molar-refractivity contribution < 1.29 is 15.3 Å². The Hall–Kier alpha value is -1.22. The van der Waals surface area contributed by atoms with E-state index in [-0.39, 0.29) is 11.6 Å². The first-order valence-corrected chi connectivity index (χ1v) is 11.5. The third-order valence-electron chi connectivity index (χ3n) is 5.74. The summed E-state index contributed by atoms with van der Waals surface area (Å²) in [5, 5.41) is -0.00813. The fraction of sp³-hybridized carbons (Fsp3) is 0.765. The van der Waals surface area contributed by atoms with E-state index in [4.69, 9.17) is 15.3 Å². The van der Waals surface area contributed by atoms with Crippen LogP contribution in [0.1, 0.15) is 41.7 Å². The quantitative estimate of drug-likeness (QED) is 0.821. The first-order valence-electron chi connectivity index (χ1n) is 9.18. The van der Waals surface area contributed by atoms with E-state index < -0.39 is 50.0 Å². The average molecular weight is 370 g/mol. The van der Waals surface area contributed by atoms with Gasteiger partial charge in [-0.05, 0) is 24.5 Å². The third-order valence-corrected chi connectivity index (χ3v) is 10.2. The van der Waals surface area contributed by atoms with Crippen molar-refractivity contribution in [2.24, 2.45) is 0 Å². The second kappa shape index (κ2) is 5.90. The lowest BCUT2D eigenvalue weighted by molar-refractivity contribution is -0.175. The molecule has 25 heavy (non-hydrogen) atoms. The SMILES string of the molecule is [2H]C(C)[C@@]12CO[C@@H]([C@H](n3ccc(=O)[nH]c3=O)O1)[C@@H]2O[Si](C)(C)C(C)(C)C. The topological polar surface area (TPSA) is 82.6 Å². The number of aromatic nitrogens is 2. The number of nitrogens with one attached hydrogen (secondary N) is 1. The lowest BCUT2D eigenvalue weighted by Gasteiger charge is -2.40. The number of H-pyrrole nitrogens is 1. The first kappa shape index (κ1) is 17.2. The second-order valence-corrected chi connectivity index (χ2v) is 13.1. The average Bonchev–Trinajstić information content (AvgIpc) is 2.99. The van der Waals surface area contributed by atoms with E-state index in [1.54, 1.807) is 6.92 Å². The smallest absolute Gasteiger partial charge is 0.330 e. The Balaban J connectivity index is 2.00. The van der Waals surface area contributed by atoms with Crippen molar-refractivity contribution in [3.8, 4) is 0 Å². The van der Waals surface area contributed by atoms with Crippen molar-refractivity contribution >= 4 is 8.32 Å². The van der Waals surface area contributed by atoms with Gasteiger partial charge in [0.05, 0.1) is 6.61 Å². The molecule has 1 unspecified atom stereocenters.